The average molecular weight is 307 g/mol. The normalized spacial score (nSPS) is 15.2. The van der Waals surface area contributed by atoms with Crippen molar-refractivity contribution in [2.24, 2.45) is 0 Å². The average Bonchev–Trinajstić information content (AvgIpc) is 2.69. The molecule has 2 aromatic heterocycles. The van der Waals surface area contributed by atoms with Crippen LogP contribution in [0.1, 0.15) is 11.8 Å². The van der Waals surface area contributed by atoms with E-state index in [0.717, 1.165) is 0 Å². The highest BCUT2D eigenvalue weighted by atomic mass is 79.9. The Bertz CT molecular complexity index is 504. The quantitative estimate of drug-likeness (QED) is 0.835. The van der Waals surface area contributed by atoms with Gasteiger partial charge in [0.2, 0.25) is 0 Å². The van der Waals surface area contributed by atoms with E-state index in [-0.39, 0.29) is 5.33 Å². The summed E-state index contributed by atoms with van der Waals surface area (Å²) in [5, 5.41) is 23.9. The van der Waals surface area contributed by atoms with E-state index in [1.807, 2.05) is 0 Å². The Morgan fingerprint density at radius 2 is 2.19 bits per heavy atom. The SMILES string of the molecule is OC(CBr)C(O)c1cnc2ccc(Cl)nn12. The number of aliphatic hydroxyl groups excluding tert-OH is 2. The molecule has 2 rings (SSSR count). The first-order valence-electron chi connectivity index (χ1n) is 4.55. The lowest BCUT2D eigenvalue weighted by atomic mass is 10.2. The summed E-state index contributed by atoms with van der Waals surface area (Å²) < 4.78 is 1.42. The second kappa shape index (κ2) is 4.67. The summed E-state index contributed by atoms with van der Waals surface area (Å²) in [6, 6.07) is 3.30. The Balaban J connectivity index is 2.48. The van der Waals surface area contributed by atoms with Crippen molar-refractivity contribution in [3.05, 3.63) is 29.2 Å². The molecule has 2 atom stereocenters. The number of aromatic nitrogens is 3. The minimum Gasteiger partial charge on any atom is -0.389 e. The number of hydrogen-bond acceptors (Lipinski definition) is 4. The number of imidazole rings is 1. The highest BCUT2D eigenvalue weighted by Gasteiger charge is 2.21. The third-order valence-corrected chi connectivity index (χ3v) is 3.05. The van der Waals surface area contributed by atoms with Crippen LogP contribution in [-0.4, -0.2) is 36.2 Å². The molecule has 0 amide bonds. The number of nitrogens with zero attached hydrogens (tertiary/aromatic N) is 3. The van der Waals surface area contributed by atoms with Gasteiger partial charge in [-0.05, 0) is 12.1 Å². The molecule has 86 valence electrons. The first-order valence-corrected chi connectivity index (χ1v) is 6.05. The number of fused-ring (bicyclic) bond motifs is 1. The molecule has 0 aliphatic heterocycles. The molecule has 2 heterocycles. The van der Waals surface area contributed by atoms with Gasteiger partial charge in [0.15, 0.2) is 5.65 Å². The minimum atomic E-state index is -1.06. The monoisotopic (exact) mass is 305 g/mol. The summed E-state index contributed by atoms with van der Waals surface area (Å²) in [6.45, 7) is 0. The lowest BCUT2D eigenvalue weighted by Gasteiger charge is -2.14. The van der Waals surface area contributed by atoms with Crippen molar-refractivity contribution in [3.63, 3.8) is 0 Å². The first kappa shape index (κ1) is 11.8. The second-order valence-electron chi connectivity index (χ2n) is 3.28. The van der Waals surface area contributed by atoms with Crippen LogP contribution >= 0.6 is 27.5 Å². The van der Waals surface area contributed by atoms with Gasteiger partial charge in [0.25, 0.3) is 0 Å². The van der Waals surface area contributed by atoms with E-state index in [1.54, 1.807) is 12.1 Å². The van der Waals surface area contributed by atoms with Gasteiger partial charge >= 0.3 is 0 Å². The van der Waals surface area contributed by atoms with Gasteiger partial charge in [-0.1, -0.05) is 27.5 Å². The lowest BCUT2D eigenvalue weighted by molar-refractivity contribution is 0.0304. The number of hydrogen-bond donors (Lipinski definition) is 2. The summed E-state index contributed by atoms with van der Waals surface area (Å²) in [7, 11) is 0. The molecule has 0 spiro atoms. The summed E-state index contributed by atoms with van der Waals surface area (Å²) in [5.41, 5.74) is 0.977. The maximum Gasteiger partial charge on any atom is 0.153 e. The topological polar surface area (TPSA) is 70.7 Å². The molecule has 0 aromatic carbocycles. The predicted octanol–water partition coefficient (Wildman–Crippen LogP) is 1.17. The Hall–Kier alpha value is -0.690. The zero-order valence-corrected chi connectivity index (χ0v) is 10.4. The van der Waals surface area contributed by atoms with Gasteiger partial charge in [0, 0.05) is 5.33 Å². The number of halogens is 2. The van der Waals surface area contributed by atoms with Gasteiger partial charge in [-0.2, -0.15) is 5.10 Å². The van der Waals surface area contributed by atoms with Gasteiger partial charge in [0.05, 0.1) is 18.0 Å². The van der Waals surface area contributed by atoms with Crippen LogP contribution < -0.4 is 0 Å². The molecule has 0 aliphatic rings. The number of rotatable bonds is 3. The Labute approximate surface area is 105 Å². The third kappa shape index (κ3) is 2.06. The number of aliphatic hydroxyl groups is 2. The Morgan fingerprint density at radius 3 is 2.88 bits per heavy atom. The molecule has 0 fully saturated rings. The number of alkyl halides is 1. The lowest BCUT2D eigenvalue weighted by Crippen LogP contribution is -2.21. The summed E-state index contributed by atoms with van der Waals surface area (Å²) in [6.07, 6.45) is -0.504. The van der Waals surface area contributed by atoms with Crippen LogP contribution in [0.25, 0.3) is 5.65 Å². The smallest absolute Gasteiger partial charge is 0.153 e. The van der Waals surface area contributed by atoms with Crippen molar-refractivity contribution in [3.8, 4) is 0 Å². The van der Waals surface area contributed by atoms with Gasteiger partial charge in [0.1, 0.15) is 11.3 Å². The van der Waals surface area contributed by atoms with Crippen molar-refractivity contribution >= 4 is 33.2 Å². The fourth-order valence-electron chi connectivity index (χ4n) is 1.35. The van der Waals surface area contributed by atoms with Crippen LogP contribution in [0.15, 0.2) is 18.3 Å². The predicted molar refractivity (Wildman–Crippen MR) is 62.8 cm³/mol. The summed E-state index contributed by atoms with van der Waals surface area (Å²) >= 11 is 8.85. The van der Waals surface area contributed by atoms with E-state index in [1.165, 1.54) is 10.7 Å². The molecular weight excluding hydrogens is 297 g/mol. The standard InChI is InChI=1S/C9H9BrClN3O2/c10-3-6(15)9(16)5-4-12-8-2-1-7(11)13-14(5)8/h1-2,4,6,9,15-16H,3H2. The van der Waals surface area contributed by atoms with Crippen LogP contribution in [0.5, 0.6) is 0 Å². The molecule has 16 heavy (non-hydrogen) atoms. The van der Waals surface area contributed by atoms with Crippen molar-refractivity contribution in [2.45, 2.75) is 12.2 Å². The van der Waals surface area contributed by atoms with Crippen LogP contribution in [0, 0.1) is 0 Å². The fourth-order valence-corrected chi connectivity index (χ4v) is 1.84. The van der Waals surface area contributed by atoms with Gasteiger partial charge in [-0.3, -0.25) is 0 Å². The molecule has 0 radical (unpaired) electrons. The summed E-state index contributed by atoms with van der Waals surface area (Å²) in [5.74, 6) is 0. The van der Waals surface area contributed by atoms with Crippen molar-refractivity contribution < 1.29 is 10.2 Å². The first-order chi connectivity index (χ1) is 7.63. The molecule has 0 bridgehead atoms. The molecule has 7 heteroatoms. The van der Waals surface area contributed by atoms with Crippen molar-refractivity contribution in [2.75, 3.05) is 5.33 Å². The Morgan fingerprint density at radius 1 is 1.44 bits per heavy atom. The molecule has 2 aromatic rings. The maximum atomic E-state index is 9.84. The van der Waals surface area contributed by atoms with Crippen LogP contribution in [0.4, 0.5) is 0 Å². The maximum absolute atomic E-state index is 9.84. The third-order valence-electron chi connectivity index (χ3n) is 2.18. The van der Waals surface area contributed by atoms with Crippen LogP contribution in [0.2, 0.25) is 5.15 Å². The molecule has 0 saturated heterocycles. The fraction of sp³-hybridized carbons (Fsp3) is 0.333. The molecule has 2 N–H and O–H groups in total. The highest BCUT2D eigenvalue weighted by Crippen LogP contribution is 2.19. The molecule has 2 unspecified atom stereocenters. The van der Waals surface area contributed by atoms with Crippen molar-refractivity contribution in [1.82, 2.24) is 14.6 Å². The Kier molecular flexibility index (Phi) is 3.44. The van der Waals surface area contributed by atoms with E-state index in [4.69, 9.17) is 11.6 Å². The van der Waals surface area contributed by atoms with E-state index in [9.17, 15) is 10.2 Å². The zero-order chi connectivity index (χ0) is 11.7. The van der Waals surface area contributed by atoms with E-state index in [0.29, 0.717) is 16.5 Å². The molecule has 0 saturated carbocycles. The van der Waals surface area contributed by atoms with E-state index >= 15 is 0 Å². The minimum absolute atomic E-state index is 0.266. The van der Waals surface area contributed by atoms with Crippen LogP contribution in [-0.2, 0) is 0 Å². The largest absolute Gasteiger partial charge is 0.389 e. The van der Waals surface area contributed by atoms with E-state index < -0.39 is 12.2 Å². The van der Waals surface area contributed by atoms with Crippen LogP contribution in [0.3, 0.4) is 0 Å². The van der Waals surface area contributed by atoms with Gasteiger partial charge in [-0.15, -0.1) is 0 Å². The highest BCUT2D eigenvalue weighted by molar-refractivity contribution is 9.09. The summed E-state index contributed by atoms with van der Waals surface area (Å²) in [4.78, 5) is 4.05. The second-order valence-corrected chi connectivity index (χ2v) is 4.31. The van der Waals surface area contributed by atoms with Crippen molar-refractivity contribution in [1.29, 1.82) is 0 Å². The molecule has 0 aliphatic carbocycles. The molecule has 5 nitrogen and oxygen atoms in total. The molecular formula is C9H9BrClN3O2. The van der Waals surface area contributed by atoms with Gasteiger partial charge < -0.3 is 10.2 Å². The zero-order valence-electron chi connectivity index (χ0n) is 8.09. The van der Waals surface area contributed by atoms with E-state index in [2.05, 4.69) is 26.0 Å². The van der Waals surface area contributed by atoms with Gasteiger partial charge in [-0.25, -0.2) is 9.50 Å².